The zero-order valence-electron chi connectivity index (χ0n) is 11.9. The van der Waals surface area contributed by atoms with Gasteiger partial charge in [0.25, 0.3) is 0 Å². The molecule has 0 heterocycles. The third-order valence-electron chi connectivity index (χ3n) is 3.28. The van der Waals surface area contributed by atoms with Gasteiger partial charge >= 0.3 is 12.1 Å². The summed E-state index contributed by atoms with van der Waals surface area (Å²) in [4.78, 5) is 22.9. The molecule has 5 nitrogen and oxygen atoms in total. The van der Waals surface area contributed by atoms with Gasteiger partial charge in [0, 0.05) is 5.92 Å². The Hall–Kier alpha value is -1.26. The molecule has 1 fully saturated rings. The van der Waals surface area contributed by atoms with Crippen LogP contribution in [0.2, 0.25) is 0 Å². The average Bonchev–Trinajstić information content (AvgIpc) is 2.74. The van der Waals surface area contributed by atoms with Crippen LogP contribution in [-0.4, -0.2) is 31.4 Å². The van der Waals surface area contributed by atoms with Gasteiger partial charge in [-0.15, -0.1) is 0 Å². The molecule has 1 rings (SSSR count). The van der Waals surface area contributed by atoms with Crippen molar-refractivity contribution < 1.29 is 23.8 Å². The van der Waals surface area contributed by atoms with Gasteiger partial charge in [0.05, 0.1) is 19.6 Å². The van der Waals surface area contributed by atoms with E-state index in [1.54, 1.807) is 20.8 Å². The monoisotopic (exact) mass is 258 g/mol. The van der Waals surface area contributed by atoms with Gasteiger partial charge in [0.15, 0.2) is 0 Å². The van der Waals surface area contributed by atoms with Crippen molar-refractivity contribution >= 4 is 12.1 Å². The Balaban J connectivity index is 2.42. The van der Waals surface area contributed by atoms with E-state index in [9.17, 15) is 9.59 Å². The number of carbonyl (C=O) groups excluding carboxylic acids is 2. The molecule has 0 amide bonds. The van der Waals surface area contributed by atoms with Crippen molar-refractivity contribution in [2.24, 2.45) is 17.3 Å². The zero-order chi connectivity index (χ0) is 14.1. The highest BCUT2D eigenvalue weighted by molar-refractivity contribution is 5.77. The Morgan fingerprint density at radius 3 is 2.22 bits per heavy atom. The molecular formula is C13H22O5. The Bertz CT molecular complexity index is 340. The molecule has 0 bridgehead atoms. The third kappa shape index (κ3) is 3.37. The first-order valence-electron chi connectivity index (χ1n) is 6.03. The first kappa shape index (κ1) is 14.8. The van der Waals surface area contributed by atoms with Crippen molar-refractivity contribution in [1.29, 1.82) is 0 Å². The van der Waals surface area contributed by atoms with Crippen LogP contribution in [0.1, 0.15) is 34.6 Å². The molecule has 0 aromatic heterocycles. The van der Waals surface area contributed by atoms with Crippen LogP contribution in [0, 0.1) is 17.3 Å². The summed E-state index contributed by atoms with van der Waals surface area (Å²) in [6.45, 7) is 9.41. The second-order valence-electron chi connectivity index (χ2n) is 6.20. The van der Waals surface area contributed by atoms with Gasteiger partial charge in [-0.25, -0.2) is 4.79 Å². The smallest absolute Gasteiger partial charge is 0.469 e. The van der Waals surface area contributed by atoms with E-state index in [-0.39, 0.29) is 29.8 Å². The topological polar surface area (TPSA) is 61.8 Å². The number of methoxy groups -OCH3 is 1. The van der Waals surface area contributed by atoms with Crippen LogP contribution in [0.3, 0.4) is 0 Å². The van der Waals surface area contributed by atoms with E-state index in [1.165, 1.54) is 7.11 Å². The van der Waals surface area contributed by atoms with Crippen molar-refractivity contribution in [1.82, 2.24) is 0 Å². The molecule has 0 aliphatic heterocycles. The van der Waals surface area contributed by atoms with E-state index in [1.807, 2.05) is 13.8 Å². The van der Waals surface area contributed by atoms with E-state index in [2.05, 4.69) is 0 Å². The summed E-state index contributed by atoms with van der Waals surface area (Å²) in [5.41, 5.74) is -0.757. The number of ether oxygens (including phenoxy) is 3. The van der Waals surface area contributed by atoms with Crippen LogP contribution >= 0.6 is 0 Å². The molecule has 2 unspecified atom stereocenters. The van der Waals surface area contributed by atoms with Gasteiger partial charge in [-0.3, -0.25) is 4.79 Å². The number of carbonyl (C=O) groups is 2. The van der Waals surface area contributed by atoms with Crippen LogP contribution in [0.5, 0.6) is 0 Å². The highest BCUT2D eigenvalue weighted by Crippen LogP contribution is 2.58. The first-order valence-corrected chi connectivity index (χ1v) is 6.03. The molecule has 0 aromatic carbocycles. The summed E-state index contributed by atoms with van der Waals surface area (Å²) in [5.74, 6) is -0.458. The number of rotatable bonds is 3. The first-order chi connectivity index (χ1) is 8.09. The molecule has 1 aliphatic rings. The molecule has 0 N–H and O–H groups in total. The fourth-order valence-corrected chi connectivity index (χ4v) is 2.09. The molecule has 1 saturated carbocycles. The van der Waals surface area contributed by atoms with Crippen molar-refractivity contribution in [3.63, 3.8) is 0 Å². The fraction of sp³-hybridized carbons (Fsp3) is 0.846. The molecule has 0 saturated heterocycles. The summed E-state index contributed by atoms with van der Waals surface area (Å²) in [5, 5.41) is 0. The molecule has 0 radical (unpaired) electrons. The maximum absolute atomic E-state index is 11.5. The normalized spacial score (nSPS) is 25.2. The van der Waals surface area contributed by atoms with E-state index < -0.39 is 11.8 Å². The summed E-state index contributed by atoms with van der Waals surface area (Å²) in [7, 11) is 1.36. The Kier molecular flexibility index (Phi) is 3.93. The van der Waals surface area contributed by atoms with Crippen LogP contribution in [0.15, 0.2) is 0 Å². The highest BCUT2D eigenvalue weighted by atomic mass is 16.7. The maximum Gasteiger partial charge on any atom is 0.508 e. The largest absolute Gasteiger partial charge is 0.508 e. The Morgan fingerprint density at radius 2 is 1.78 bits per heavy atom. The maximum atomic E-state index is 11.5. The zero-order valence-corrected chi connectivity index (χ0v) is 11.9. The minimum absolute atomic E-state index is 0.00234. The van der Waals surface area contributed by atoms with Gasteiger partial charge in [-0.1, -0.05) is 13.8 Å². The van der Waals surface area contributed by atoms with Crippen molar-refractivity contribution in [3.05, 3.63) is 0 Å². The predicted octanol–water partition coefficient (Wildman–Crippen LogP) is 2.38. The van der Waals surface area contributed by atoms with E-state index in [0.717, 1.165) is 0 Å². The molecular weight excluding hydrogens is 236 g/mol. The summed E-state index contributed by atoms with van der Waals surface area (Å²) in [6.07, 6.45) is -0.700. The fourth-order valence-electron chi connectivity index (χ4n) is 2.09. The van der Waals surface area contributed by atoms with E-state index in [4.69, 9.17) is 14.2 Å². The quantitative estimate of drug-likeness (QED) is 0.727. The molecule has 0 aromatic rings. The highest BCUT2D eigenvalue weighted by Gasteiger charge is 2.63. The molecule has 2 atom stereocenters. The molecule has 18 heavy (non-hydrogen) atoms. The van der Waals surface area contributed by atoms with Crippen molar-refractivity contribution in [3.8, 4) is 0 Å². The second kappa shape index (κ2) is 4.78. The lowest BCUT2D eigenvalue weighted by molar-refractivity contribution is -0.143. The third-order valence-corrected chi connectivity index (χ3v) is 3.28. The SMILES string of the molecule is COC(=O)C1C(COC(=O)OC(C)(C)C)C1(C)C. The summed E-state index contributed by atoms with van der Waals surface area (Å²) < 4.78 is 14.8. The minimum atomic E-state index is -0.700. The van der Waals surface area contributed by atoms with Crippen molar-refractivity contribution in [2.45, 2.75) is 40.2 Å². The van der Waals surface area contributed by atoms with Crippen LogP contribution in [-0.2, 0) is 19.0 Å². The lowest BCUT2D eigenvalue weighted by atomic mass is 10.1. The predicted molar refractivity (Wildman–Crippen MR) is 65.0 cm³/mol. The minimum Gasteiger partial charge on any atom is -0.469 e. The van der Waals surface area contributed by atoms with Gasteiger partial charge in [-0.05, 0) is 26.2 Å². The van der Waals surface area contributed by atoms with Crippen LogP contribution in [0.4, 0.5) is 4.79 Å². The average molecular weight is 258 g/mol. The van der Waals surface area contributed by atoms with Gasteiger partial charge < -0.3 is 14.2 Å². The summed E-state index contributed by atoms with van der Waals surface area (Å²) >= 11 is 0. The lowest BCUT2D eigenvalue weighted by Gasteiger charge is -2.18. The standard InChI is InChI=1S/C13H22O5/c1-12(2,3)18-11(15)17-7-8-9(10(14)16-6)13(8,4)5/h8-9H,7H2,1-6H3. The van der Waals surface area contributed by atoms with Gasteiger partial charge in [0.1, 0.15) is 5.60 Å². The number of esters is 1. The van der Waals surface area contributed by atoms with Crippen LogP contribution < -0.4 is 0 Å². The van der Waals surface area contributed by atoms with Gasteiger partial charge in [-0.2, -0.15) is 0 Å². The van der Waals surface area contributed by atoms with Crippen molar-refractivity contribution in [2.75, 3.05) is 13.7 Å². The van der Waals surface area contributed by atoms with E-state index in [0.29, 0.717) is 0 Å². The molecule has 5 heteroatoms. The molecule has 1 aliphatic carbocycles. The van der Waals surface area contributed by atoms with Gasteiger partial charge in [0.2, 0.25) is 0 Å². The lowest BCUT2D eigenvalue weighted by Crippen LogP contribution is -2.25. The van der Waals surface area contributed by atoms with E-state index >= 15 is 0 Å². The Morgan fingerprint density at radius 1 is 1.22 bits per heavy atom. The molecule has 104 valence electrons. The molecule has 0 spiro atoms. The second-order valence-corrected chi connectivity index (χ2v) is 6.20. The Labute approximate surface area is 108 Å². The van der Waals surface area contributed by atoms with Crippen LogP contribution in [0.25, 0.3) is 0 Å². The number of hydrogen-bond donors (Lipinski definition) is 0. The summed E-state index contributed by atoms with van der Waals surface area (Å²) in [6, 6.07) is 0. The number of hydrogen-bond acceptors (Lipinski definition) is 5.